The van der Waals surface area contributed by atoms with Gasteiger partial charge in [-0.1, -0.05) is 18.2 Å². The number of aliphatic hydroxyl groups is 1. The molecule has 2 aliphatic rings. The molecule has 1 N–H and O–H groups in total. The largest absolute Gasteiger partial charge is 0.393 e. The molecule has 5 heteroatoms. The van der Waals surface area contributed by atoms with Crippen LogP contribution in [-0.4, -0.2) is 52.6 Å². The highest BCUT2D eigenvalue weighted by molar-refractivity contribution is 5.79. The number of rotatable bonds is 5. The minimum Gasteiger partial charge on any atom is -0.393 e. The first kappa shape index (κ1) is 15.4. The van der Waals surface area contributed by atoms with Crippen LogP contribution in [0.1, 0.15) is 31.2 Å². The molecule has 0 atom stereocenters. The van der Waals surface area contributed by atoms with Crippen molar-refractivity contribution in [3.8, 4) is 0 Å². The molecular formula is C17H23FN2O2. The first-order chi connectivity index (χ1) is 10.6. The van der Waals surface area contributed by atoms with Crippen molar-refractivity contribution in [2.75, 3.05) is 19.6 Å². The third kappa shape index (κ3) is 3.84. The Balaban J connectivity index is 1.61. The second kappa shape index (κ2) is 6.75. The molecule has 1 aromatic carbocycles. The maximum absolute atomic E-state index is 13.8. The Morgan fingerprint density at radius 2 is 1.91 bits per heavy atom. The summed E-state index contributed by atoms with van der Waals surface area (Å²) in [6.07, 6.45) is 3.25. The predicted molar refractivity (Wildman–Crippen MR) is 81.7 cm³/mol. The zero-order valence-corrected chi connectivity index (χ0v) is 12.7. The van der Waals surface area contributed by atoms with Crippen molar-refractivity contribution in [1.82, 2.24) is 9.80 Å². The fourth-order valence-electron chi connectivity index (χ4n) is 2.98. The quantitative estimate of drug-likeness (QED) is 0.902. The highest BCUT2D eigenvalue weighted by Crippen LogP contribution is 2.29. The molecule has 120 valence electrons. The molecule has 0 spiro atoms. The van der Waals surface area contributed by atoms with Crippen molar-refractivity contribution in [2.45, 2.75) is 44.4 Å². The Morgan fingerprint density at radius 1 is 1.23 bits per heavy atom. The van der Waals surface area contributed by atoms with Gasteiger partial charge in [-0.15, -0.1) is 0 Å². The van der Waals surface area contributed by atoms with Crippen LogP contribution in [-0.2, 0) is 11.3 Å². The van der Waals surface area contributed by atoms with Crippen LogP contribution >= 0.6 is 0 Å². The molecule has 3 rings (SSSR count). The number of nitrogens with zero attached hydrogens (tertiary/aromatic N) is 2. The summed E-state index contributed by atoms with van der Waals surface area (Å²) in [6.45, 7) is 2.24. The summed E-state index contributed by atoms with van der Waals surface area (Å²) in [5, 5.41) is 9.53. The van der Waals surface area contributed by atoms with Crippen LogP contribution in [0, 0.1) is 5.82 Å². The van der Waals surface area contributed by atoms with Crippen LogP contribution in [0.5, 0.6) is 0 Å². The molecule has 1 aliphatic carbocycles. The summed E-state index contributed by atoms with van der Waals surface area (Å²) in [6, 6.07) is 6.93. The van der Waals surface area contributed by atoms with Crippen molar-refractivity contribution in [3.63, 3.8) is 0 Å². The van der Waals surface area contributed by atoms with E-state index in [2.05, 4.69) is 4.90 Å². The van der Waals surface area contributed by atoms with Gasteiger partial charge in [0, 0.05) is 31.2 Å². The number of amides is 1. The standard InChI is InChI=1S/C17H23FN2O2/c18-16-4-2-1-3-13(16)11-20(14-5-6-14)17(22)12-19-9-7-15(21)8-10-19/h1-4,14-15,21H,5-12H2. The number of hydrogen-bond donors (Lipinski definition) is 1. The number of carbonyl (C=O) groups is 1. The number of carbonyl (C=O) groups excluding carboxylic acids is 1. The zero-order valence-electron chi connectivity index (χ0n) is 12.7. The number of aliphatic hydroxyl groups excluding tert-OH is 1. The summed E-state index contributed by atoms with van der Waals surface area (Å²) in [4.78, 5) is 16.5. The number of benzene rings is 1. The van der Waals surface area contributed by atoms with Gasteiger partial charge in [-0.3, -0.25) is 9.69 Å². The van der Waals surface area contributed by atoms with Gasteiger partial charge in [-0.05, 0) is 31.7 Å². The lowest BCUT2D eigenvalue weighted by Crippen LogP contribution is -2.44. The van der Waals surface area contributed by atoms with Gasteiger partial charge < -0.3 is 10.0 Å². The second-order valence-corrected chi connectivity index (χ2v) is 6.35. The van der Waals surface area contributed by atoms with E-state index in [1.54, 1.807) is 18.2 Å². The Labute approximate surface area is 130 Å². The molecule has 0 radical (unpaired) electrons. The number of likely N-dealkylation sites (tertiary alicyclic amines) is 1. The minimum atomic E-state index is -0.248. The fourth-order valence-corrected chi connectivity index (χ4v) is 2.98. The summed E-state index contributed by atoms with van der Waals surface area (Å²) in [5.74, 6) is -0.177. The van der Waals surface area contributed by atoms with Crippen molar-refractivity contribution >= 4 is 5.91 Å². The van der Waals surface area contributed by atoms with Crippen LogP contribution in [0.15, 0.2) is 24.3 Å². The van der Waals surface area contributed by atoms with E-state index in [9.17, 15) is 14.3 Å². The normalized spacial score (nSPS) is 20.1. The average Bonchev–Trinajstić information content (AvgIpc) is 3.33. The molecule has 22 heavy (non-hydrogen) atoms. The lowest BCUT2D eigenvalue weighted by Gasteiger charge is -2.31. The summed E-state index contributed by atoms with van der Waals surface area (Å²) >= 11 is 0. The molecule has 1 saturated heterocycles. The lowest BCUT2D eigenvalue weighted by molar-refractivity contribution is -0.134. The van der Waals surface area contributed by atoms with Gasteiger partial charge in [-0.2, -0.15) is 0 Å². The van der Waals surface area contributed by atoms with E-state index in [0.29, 0.717) is 18.7 Å². The SMILES string of the molecule is O=C(CN1CCC(O)CC1)N(Cc1ccccc1F)C1CC1. The van der Waals surface area contributed by atoms with Crippen LogP contribution < -0.4 is 0 Å². The third-order valence-electron chi connectivity index (χ3n) is 4.52. The number of halogens is 1. The monoisotopic (exact) mass is 306 g/mol. The summed E-state index contributed by atoms with van der Waals surface area (Å²) in [7, 11) is 0. The Kier molecular flexibility index (Phi) is 4.74. The van der Waals surface area contributed by atoms with Crippen molar-refractivity contribution in [3.05, 3.63) is 35.6 Å². The van der Waals surface area contributed by atoms with Crippen LogP contribution in [0.4, 0.5) is 4.39 Å². The van der Waals surface area contributed by atoms with Gasteiger partial charge >= 0.3 is 0 Å². The van der Waals surface area contributed by atoms with Gasteiger partial charge in [0.25, 0.3) is 0 Å². The third-order valence-corrected chi connectivity index (χ3v) is 4.52. The van der Waals surface area contributed by atoms with Gasteiger partial charge in [-0.25, -0.2) is 4.39 Å². The van der Waals surface area contributed by atoms with E-state index in [0.717, 1.165) is 38.8 Å². The highest BCUT2D eigenvalue weighted by Gasteiger charge is 2.33. The highest BCUT2D eigenvalue weighted by atomic mass is 19.1. The minimum absolute atomic E-state index is 0.0714. The molecule has 1 heterocycles. The predicted octanol–water partition coefficient (Wildman–Crippen LogP) is 1.77. The van der Waals surface area contributed by atoms with E-state index in [4.69, 9.17) is 0 Å². The van der Waals surface area contributed by atoms with Crippen molar-refractivity contribution < 1.29 is 14.3 Å². The van der Waals surface area contributed by atoms with E-state index in [-0.39, 0.29) is 23.9 Å². The topological polar surface area (TPSA) is 43.8 Å². The first-order valence-electron chi connectivity index (χ1n) is 8.07. The Morgan fingerprint density at radius 3 is 2.55 bits per heavy atom. The Hall–Kier alpha value is -1.46. The molecule has 2 fully saturated rings. The van der Waals surface area contributed by atoms with Gasteiger partial charge in [0.15, 0.2) is 0 Å². The van der Waals surface area contributed by atoms with Gasteiger partial charge in [0.05, 0.1) is 12.6 Å². The zero-order chi connectivity index (χ0) is 15.5. The molecule has 0 unspecified atom stereocenters. The maximum atomic E-state index is 13.8. The average molecular weight is 306 g/mol. The van der Waals surface area contributed by atoms with Crippen LogP contribution in [0.3, 0.4) is 0 Å². The molecule has 0 bridgehead atoms. The summed E-state index contributed by atoms with van der Waals surface area (Å²) < 4.78 is 13.8. The lowest BCUT2D eigenvalue weighted by atomic mass is 10.1. The van der Waals surface area contributed by atoms with Crippen LogP contribution in [0.25, 0.3) is 0 Å². The van der Waals surface area contributed by atoms with Crippen molar-refractivity contribution in [1.29, 1.82) is 0 Å². The second-order valence-electron chi connectivity index (χ2n) is 6.35. The maximum Gasteiger partial charge on any atom is 0.237 e. The van der Waals surface area contributed by atoms with E-state index < -0.39 is 0 Å². The van der Waals surface area contributed by atoms with E-state index in [1.807, 2.05) is 4.90 Å². The van der Waals surface area contributed by atoms with Gasteiger partial charge in [0.1, 0.15) is 5.82 Å². The summed E-state index contributed by atoms with van der Waals surface area (Å²) in [5.41, 5.74) is 0.580. The van der Waals surface area contributed by atoms with Crippen LogP contribution in [0.2, 0.25) is 0 Å². The van der Waals surface area contributed by atoms with Crippen molar-refractivity contribution in [2.24, 2.45) is 0 Å². The Bertz CT molecular complexity index is 525. The molecule has 1 saturated carbocycles. The fraction of sp³-hybridized carbons (Fsp3) is 0.588. The molecule has 0 aromatic heterocycles. The van der Waals surface area contributed by atoms with E-state index >= 15 is 0 Å². The molecule has 4 nitrogen and oxygen atoms in total. The molecule has 1 amide bonds. The molecular weight excluding hydrogens is 283 g/mol. The smallest absolute Gasteiger partial charge is 0.237 e. The first-order valence-corrected chi connectivity index (χ1v) is 8.07. The van der Waals surface area contributed by atoms with Gasteiger partial charge in [0.2, 0.25) is 5.91 Å². The van der Waals surface area contributed by atoms with E-state index in [1.165, 1.54) is 6.07 Å². The number of hydrogen-bond acceptors (Lipinski definition) is 3. The molecule has 1 aliphatic heterocycles. The molecule has 1 aromatic rings. The number of piperidine rings is 1.